The topological polar surface area (TPSA) is 50.1 Å². The van der Waals surface area contributed by atoms with Gasteiger partial charge in [-0.3, -0.25) is 14.1 Å². The van der Waals surface area contributed by atoms with Crippen LogP contribution in [0.15, 0.2) is 54.7 Å². The summed E-state index contributed by atoms with van der Waals surface area (Å²) in [7, 11) is 0. The van der Waals surface area contributed by atoms with E-state index in [0.29, 0.717) is 24.6 Å². The monoisotopic (exact) mass is 438 g/mol. The molecular weight excluding hydrogens is 415 g/mol. The molecule has 0 unspecified atom stereocenters. The average molecular weight is 439 g/mol. The lowest BCUT2D eigenvalue weighted by molar-refractivity contribution is 0.0755. The molecule has 31 heavy (non-hydrogen) atoms. The SMILES string of the molecule is O=C(c1cn2c(n1)sc1ccccc12)N1CCCN(CCOc2ccc(F)cc2)CC1. The van der Waals surface area contributed by atoms with Crippen molar-refractivity contribution < 1.29 is 13.9 Å². The molecule has 160 valence electrons. The number of carbonyl (C=O) groups is 1. The van der Waals surface area contributed by atoms with Crippen molar-refractivity contribution in [1.29, 1.82) is 0 Å². The zero-order valence-corrected chi connectivity index (χ0v) is 17.9. The third-order valence-electron chi connectivity index (χ3n) is 5.58. The van der Waals surface area contributed by atoms with Crippen molar-refractivity contribution >= 4 is 32.4 Å². The van der Waals surface area contributed by atoms with E-state index < -0.39 is 0 Å². The number of rotatable bonds is 5. The number of benzene rings is 2. The molecule has 1 saturated heterocycles. The molecule has 2 aromatic carbocycles. The second kappa shape index (κ2) is 8.64. The summed E-state index contributed by atoms with van der Waals surface area (Å²) in [6.45, 7) is 4.40. The average Bonchev–Trinajstić information content (AvgIpc) is 3.25. The zero-order valence-electron chi connectivity index (χ0n) is 17.0. The summed E-state index contributed by atoms with van der Waals surface area (Å²) in [5.41, 5.74) is 1.59. The van der Waals surface area contributed by atoms with Gasteiger partial charge in [-0.15, -0.1) is 0 Å². The Bertz CT molecular complexity index is 1200. The molecule has 1 aliphatic heterocycles. The number of ether oxygens (including phenoxy) is 1. The maximum absolute atomic E-state index is 13.1. The number of aromatic nitrogens is 2. The van der Waals surface area contributed by atoms with E-state index in [1.165, 1.54) is 12.1 Å². The Morgan fingerprint density at radius 1 is 1.06 bits per heavy atom. The minimum absolute atomic E-state index is 0.00982. The van der Waals surface area contributed by atoms with Crippen LogP contribution in [0.1, 0.15) is 16.9 Å². The highest BCUT2D eigenvalue weighted by molar-refractivity contribution is 7.23. The highest BCUT2D eigenvalue weighted by atomic mass is 32.1. The van der Waals surface area contributed by atoms with Gasteiger partial charge in [0.25, 0.3) is 5.91 Å². The standard InChI is InChI=1S/C23H23FN4O2S/c24-17-6-8-18(9-7-17)30-15-14-26-10-3-11-27(13-12-26)22(29)19-16-28-20-4-1-2-5-21(20)31-23(28)25-19/h1-2,4-9,16H,3,10-15H2. The van der Waals surface area contributed by atoms with Gasteiger partial charge in [0.05, 0.1) is 10.2 Å². The molecule has 0 atom stereocenters. The number of imidazole rings is 1. The normalized spacial score (nSPS) is 15.5. The quantitative estimate of drug-likeness (QED) is 0.474. The van der Waals surface area contributed by atoms with E-state index in [-0.39, 0.29) is 11.7 Å². The summed E-state index contributed by atoms with van der Waals surface area (Å²) in [6, 6.07) is 14.2. The lowest BCUT2D eigenvalue weighted by atomic mass is 10.3. The Hall–Kier alpha value is -2.97. The Morgan fingerprint density at radius 3 is 2.77 bits per heavy atom. The van der Waals surface area contributed by atoms with Crippen molar-refractivity contribution in [2.75, 3.05) is 39.3 Å². The first-order valence-corrected chi connectivity index (χ1v) is 11.3. The van der Waals surface area contributed by atoms with E-state index in [4.69, 9.17) is 4.74 Å². The van der Waals surface area contributed by atoms with Crippen molar-refractivity contribution in [1.82, 2.24) is 19.2 Å². The van der Waals surface area contributed by atoms with E-state index in [1.807, 2.05) is 33.7 Å². The minimum Gasteiger partial charge on any atom is -0.492 e. The Morgan fingerprint density at radius 2 is 1.90 bits per heavy atom. The van der Waals surface area contributed by atoms with Crippen LogP contribution < -0.4 is 4.74 Å². The first kappa shape index (κ1) is 20.0. The van der Waals surface area contributed by atoms with Crippen LogP contribution in [0, 0.1) is 5.82 Å². The largest absolute Gasteiger partial charge is 0.492 e. The third-order valence-corrected chi connectivity index (χ3v) is 6.62. The second-order valence-corrected chi connectivity index (χ2v) is 8.65. The molecule has 1 aliphatic rings. The molecule has 0 saturated carbocycles. The van der Waals surface area contributed by atoms with E-state index in [1.54, 1.807) is 23.5 Å². The molecule has 0 radical (unpaired) electrons. The second-order valence-electron chi connectivity index (χ2n) is 7.64. The highest BCUT2D eigenvalue weighted by Gasteiger charge is 2.23. The van der Waals surface area contributed by atoms with Crippen molar-refractivity contribution in [3.8, 4) is 5.75 Å². The lowest BCUT2D eigenvalue weighted by Crippen LogP contribution is -2.36. The van der Waals surface area contributed by atoms with Crippen molar-refractivity contribution in [3.05, 3.63) is 66.2 Å². The van der Waals surface area contributed by atoms with Crippen LogP contribution in [0.5, 0.6) is 5.75 Å². The molecule has 0 N–H and O–H groups in total. The predicted molar refractivity (Wildman–Crippen MR) is 119 cm³/mol. The van der Waals surface area contributed by atoms with Crippen LogP contribution in [0.2, 0.25) is 0 Å². The van der Waals surface area contributed by atoms with Crippen molar-refractivity contribution in [3.63, 3.8) is 0 Å². The summed E-state index contributed by atoms with van der Waals surface area (Å²) < 4.78 is 21.9. The van der Waals surface area contributed by atoms with Gasteiger partial charge in [-0.05, 0) is 42.8 Å². The first-order valence-electron chi connectivity index (χ1n) is 10.4. The fraction of sp³-hybridized carbons (Fsp3) is 0.304. The van der Waals surface area contributed by atoms with Gasteiger partial charge in [0.2, 0.25) is 0 Å². The van der Waals surface area contributed by atoms with Crippen molar-refractivity contribution in [2.45, 2.75) is 6.42 Å². The van der Waals surface area contributed by atoms with E-state index in [9.17, 15) is 9.18 Å². The summed E-state index contributed by atoms with van der Waals surface area (Å²) in [6.07, 6.45) is 2.77. The molecule has 6 nitrogen and oxygen atoms in total. The maximum Gasteiger partial charge on any atom is 0.274 e. The summed E-state index contributed by atoms with van der Waals surface area (Å²) >= 11 is 1.60. The molecule has 1 amide bonds. The van der Waals surface area contributed by atoms with Crippen LogP contribution in [0.4, 0.5) is 4.39 Å². The number of fused-ring (bicyclic) bond motifs is 3. The first-order chi connectivity index (χ1) is 15.2. The highest BCUT2D eigenvalue weighted by Crippen LogP contribution is 2.26. The van der Waals surface area contributed by atoms with Gasteiger partial charge in [0.15, 0.2) is 4.96 Å². The zero-order chi connectivity index (χ0) is 21.2. The summed E-state index contributed by atoms with van der Waals surface area (Å²) in [5.74, 6) is 0.389. The van der Waals surface area contributed by atoms with E-state index >= 15 is 0 Å². The Balaban J connectivity index is 1.18. The fourth-order valence-corrected chi connectivity index (χ4v) is 4.94. The van der Waals surface area contributed by atoms with Gasteiger partial charge in [-0.2, -0.15) is 0 Å². The van der Waals surface area contributed by atoms with Crippen LogP contribution in [-0.2, 0) is 0 Å². The molecule has 0 aliphatic carbocycles. The molecule has 1 fully saturated rings. The number of para-hydroxylation sites is 1. The predicted octanol–water partition coefficient (Wildman–Crippen LogP) is 3.92. The van der Waals surface area contributed by atoms with Gasteiger partial charge < -0.3 is 9.64 Å². The van der Waals surface area contributed by atoms with E-state index in [2.05, 4.69) is 16.0 Å². The molecule has 3 heterocycles. The number of thiazole rings is 1. The molecular formula is C23H23FN4O2S. The minimum atomic E-state index is -0.268. The molecule has 0 spiro atoms. The van der Waals surface area contributed by atoms with Crippen LogP contribution >= 0.6 is 11.3 Å². The number of hydrogen-bond donors (Lipinski definition) is 0. The van der Waals surface area contributed by atoms with Gasteiger partial charge in [-0.25, -0.2) is 9.37 Å². The third kappa shape index (κ3) is 4.26. The van der Waals surface area contributed by atoms with Crippen LogP contribution in [-0.4, -0.2) is 64.4 Å². The van der Waals surface area contributed by atoms with Gasteiger partial charge in [0.1, 0.15) is 23.9 Å². The number of amides is 1. The van der Waals surface area contributed by atoms with Crippen LogP contribution in [0.25, 0.3) is 15.2 Å². The molecule has 4 aromatic rings. The van der Waals surface area contributed by atoms with Crippen LogP contribution in [0.3, 0.4) is 0 Å². The maximum atomic E-state index is 13.1. The fourth-order valence-electron chi connectivity index (χ4n) is 3.93. The summed E-state index contributed by atoms with van der Waals surface area (Å²) in [4.78, 5) is 22.7. The van der Waals surface area contributed by atoms with Gasteiger partial charge >= 0.3 is 0 Å². The smallest absolute Gasteiger partial charge is 0.274 e. The molecule has 5 rings (SSSR count). The molecule has 2 aromatic heterocycles. The number of nitrogens with zero attached hydrogens (tertiary/aromatic N) is 4. The Labute approximate surface area is 183 Å². The van der Waals surface area contributed by atoms with Gasteiger partial charge in [-0.1, -0.05) is 23.5 Å². The summed E-state index contributed by atoms with van der Waals surface area (Å²) in [5, 5.41) is 0. The molecule has 0 bridgehead atoms. The number of halogens is 1. The van der Waals surface area contributed by atoms with E-state index in [0.717, 1.165) is 47.8 Å². The van der Waals surface area contributed by atoms with Gasteiger partial charge in [0, 0.05) is 38.9 Å². The lowest BCUT2D eigenvalue weighted by Gasteiger charge is -2.21. The van der Waals surface area contributed by atoms with Crippen molar-refractivity contribution in [2.24, 2.45) is 0 Å². The molecule has 8 heteroatoms. The number of hydrogen-bond acceptors (Lipinski definition) is 5. The number of carbonyl (C=O) groups excluding carboxylic acids is 1. The Kier molecular flexibility index (Phi) is 5.57.